The largest absolute Gasteiger partial charge is 0.481 e. The lowest BCUT2D eigenvalue weighted by molar-refractivity contribution is -0.137. The molecular weight excluding hydrogens is 294 g/mol. The van der Waals surface area contributed by atoms with E-state index in [9.17, 15) is 4.79 Å². The summed E-state index contributed by atoms with van der Waals surface area (Å²) in [6.07, 6.45) is 0.701. The molecular formula is C14H16ClN3O3. The molecule has 7 heteroatoms. The molecule has 2 aromatic rings. The number of likely N-dealkylation sites (N-methyl/N-ethyl adjacent to an activating group) is 1. The van der Waals surface area contributed by atoms with Crippen molar-refractivity contribution in [1.29, 1.82) is 0 Å². The number of halogens is 1. The van der Waals surface area contributed by atoms with Gasteiger partial charge in [0.1, 0.15) is 0 Å². The van der Waals surface area contributed by atoms with Crippen LogP contribution in [0.3, 0.4) is 0 Å². The lowest BCUT2D eigenvalue weighted by atomic mass is 10.2. The predicted octanol–water partition coefficient (Wildman–Crippen LogP) is 2.34. The minimum absolute atomic E-state index is 0.121. The first-order chi connectivity index (χ1) is 10.0. The average molecular weight is 310 g/mol. The van der Waals surface area contributed by atoms with Crippen molar-refractivity contribution in [3.63, 3.8) is 0 Å². The molecule has 0 unspecified atom stereocenters. The molecule has 0 aliphatic rings. The van der Waals surface area contributed by atoms with Crippen LogP contribution in [-0.2, 0) is 11.2 Å². The van der Waals surface area contributed by atoms with Crippen molar-refractivity contribution in [1.82, 2.24) is 15.0 Å². The van der Waals surface area contributed by atoms with Crippen molar-refractivity contribution in [3.05, 3.63) is 35.2 Å². The number of aliphatic carboxylic acids is 1. The van der Waals surface area contributed by atoms with Gasteiger partial charge in [0.2, 0.25) is 11.7 Å². The number of rotatable bonds is 7. The van der Waals surface area contributed by atoms with Crippen LogP contribution in [0.1, 0.15) is 12.3 Å². The quantitative estimate of drug-likeness (QED) is 0.845. The van der Waals surface area contributed by atoms with Gasteiger partial charge in [-0.3, -0.25) is 4.79 Å². The van der Waals surface area contributed by atoms with E-state index in [0.29, 0.717) is 36.2 Å². The van der Waals surface area contributed by atoms with E-state index in [1.807, 2.05) is 24.1 Å². The lowest BCUT2D eigenvalue weighted by Gasteiger charge is -2.13. The molecule has 0 saturated heterocycles. The molecule has 0 fully saturated rings. The van der Waals surface area contributed by atoms with E-state index in [4.69, 9.17) is 21.2 Å². The Morgan fingerprint density at radius 2 is 2.05 bits per heavy atom. The SMILES string of the molecule is CN(CCC(=O)O)CCc1nc(-c2ccc(Cl)cc2)no1. The highest BCUT2D eigenvalue weighted by Crippen LogP contribution is 2.18. The first kappa shape index (κ1) is 15.5. The zero-order valence-electron chi connectivity index (χ0n) is 11.6. The molecule has 0 amide bonds. The smallest absolute Gasteiger partial charge is 0.304 e. The zero-order chi connectivity index (χ0) is 15.2. The van der Waals surface area contributed by atoms with Gasteiger partial charge in [-0.15, -0.1) is 0 Å². The normalized spacial score (nSPS) is 11.0. The summed E-state index contributed by atoms with van der Waals surface area (Å²) in [6.45, 7) is 1.16. The molecule has 1 heterocycles. The first-order valence-electron chi connectivity index (χ1n) is 6.53. The van der Waals surface area contributed by atoms with Gasteiger partial charge in [0.15, 0.2) is 0 Å². The van der Waals surface area contributed by atoms with Crippen molar-refractivity contribution >= 4 is 17.6 Å². The molecule has 1 N–H and O–H groups in total. The van der Waals surface area contributed by atoms with Crippen molar-refractivity contribution in [2.75, 3.05) is 20.1 Å². The fourth-order valence-corrected chi connectivity index (χ4v) is 1.88. The van der Waals surface area contributed by atoms with Crippen LogP contribution in [0.4, 0.5) is 0 Å². The van der Waals surface area contributed by atoms with Gasteiger partial charge in [-0.2, -0.15) is 4.98 Å². The Morgan fingerprint density at radius 3 is 2.71 bits per heavy atom. The third kappa shape index (κ3) is 4.84. The topological polar surface area (TPSA) is 79.5 Å². The fraction of sp³-hybridized carbons (Fsp3) is 0.357. The fourth-order valence-electron chi connectivity index (χ4n) is 1.76. The number of carbonyl (C=O) groups is 1. The maximum Gasteiger partial charge on any atom is 0.304 e. The Balaban J connectivity index is 1.88. The van der Waals surface area contributed by atoms with Crippen molar-refractivity contribution in [2.45, 2.75) is 12.8 Å². The van der Waals surface area contributed by atoms with Crippen LogP contribution in [0, 0.1) is 0 Å². The highest BCUT2D eigenvalue weighted by molar-refractivity contribution is 6.30. The Morgan fingerprint density at radius 1 is 1.33 bits per heavy atom. The molecule has 0 bridgehead atoms. The summed E-state index contributed by atoms with van der Waals surface area (Å²) in [5.41, 5.74) is 0.841. The Kier molecular flexibility index (Phi) is 5.30. The first-order valence-corrected chi connectivity index (χ1v) is 6.91. The highest BCUT2D eigenvalue weighted by atomic mass is 35.5. The van der Waals surface area contributed by atoms with Gasteiger partial charge in [0.05, 0.1) is 6.42 Å². The van der Waals surface area contributed by atoms with Crippen LogP contribution in [0.2, 0.25) is 5.02 Å². The van der Waals surface area contributed by atoms with Crippen molar-refractivity contribution < 1.29 is 14.4 Å². The highest BCUT2D eigenvalue weighted by Gasteiger charge is 2.10. The van der Waals surface area contributed by atoms with E-state index in [2.05, 4.69) is 10.1 Å². The van der Waals surface area contributed by atoms with E-state index >= 15 is 0 Å². The van der Waals surface area contributed by atoms with Crippen LogP contribution >= 0.6 is 11.6 Å². The second-order valence-electron chi connectivity index (χ2n) is 4.72. The minimum atomic E-state index is -0.801. The zero-order valence-corrected chi connectivity index (χ0v) is 12.4. The number of carboxylic acid groups (broad SMARTS) is 1. The number of carboxylic acids is 1. The molecule has 0 aliphatic heterocycles. The molecule has 0 atom stereocenters. The summed E-state index contributed by atoms with van der Waals surface area (Å²) < 4.78 is 5.19. The van der Waals surface area contributed by atoms with E-state index in [1.165, 1.54) is 0 Å². The summed E-state index contributed by atoms with van der Waals surface area (Å²) in [5, 5.41) is 13.2. The third-order valence-electron chi connectivity index (χ3n) is 2.99. The molecule has 0 saturated carbocycles. The van der Waals surface area contributed by atoms with Crippen LogP contribution in [0.5, 0.6) is 0 Å². The average Bonchev–Trinajstić information content (AvgIpc) is 2.92. The van der Waals surface area contributed by atoms with Crippen molar-refractivity contribution in [3.8, 4) is 11.4 Å². The van der Waals surface area contributed by atoms with Crippen LogP contribution in [-0.4, -0.2) is 46.3 Å². The Labute approximate surface area is 127 Å². The van der Waals surface area contributed by atoms with Gasteiger partial charge < -0.3 is 14.5 Å². The van der Waals surface area contributed by atoms with E-state index < -0.39 is 5.97 Å². The predicted molar refractivity (Wildman–Crippen MR) is 78.2 cm³/mol. The molecule has 0 aliphatic carbocycles. The van der Waals surface area contributed by atoms with Crippen molar-refractivity contribution in [2.24, 2.45) is 0 Å². The van der Waals surface area contributed by atoms with Gasteiger partial charge in [-0.25, -0.2) is 0 Å². The Bertz CT molecular complexity index is 598. The summed E-state index contributed by atoms with van der Waals surface area (Å²) in [6, 6.07) is 7.20. The summed E-state index contributed by atoms with van der Waals surface area (Å²) in [7, 11) is 1.86. The third-order valence-corrected chi connectivity index (χ3v) is 3.24. The molecule has 112 valence electrons. The monoisotopic (exact) mass is 309 g/mol. The number of aromatic nitrogens is 2. The van der Waals surface area contributed by atoms with Gasteiger partial charge in [-0.05, 0) is 31.3 Å². The number of hydrogen-bond donors (Lipinski definition) is 1. The van der Waals surface area contributed by atoms with E-state index in [0.717, 1.165) is 5.56 Å². The maximum absolute atomic E-state index is 10.5. The second kappa shape index (κ2) is 7.19. The van der Waals surface area contributed by atoms with Crippen LogP contribution < -0.4 is 0 Å². The maximum atomic E-state index is 10.5. The minimum Gasteiger partial charge on any atom is -0.481 e. The molecule has 0 spiro atoms. The summed E-state index contributed by atoms with van der Waals surface area (Å²) in [4.78, 5) is 16.7. The second-order valence-corrected chi connectivity index (χ2v) is 5.15. The molecule has 6 nitrogen and oxygen atoms in total. The number of nitrogens with zero attached hydrogens (tertiary/aromatic N) is 3. The van der Waals surface area contributed by atoms with Gasteiger partial charge in [-0.1, -0.05) is 16.8 Å². The number of hydrogen-bond acceptors (Lipinski definition) is 5. The molecule has 0 radical (unpaired) electrons. The molecule has 2 rings (SSSR count). The molecule has 21 heavy (non-hydrogen) atoms. The molecule has 1 aromatic carbocycles. The standard InChI is InChI=1S/C14H16ClN3O3/c1-18(9-7-13(19)20)8-6-12-16-14(17-21-12)10-2-4-11(15)5-3-10/h2-5H,6-9H2,1H3,(H,19,20). The summed E-state index contributed by atoms with van der Waals surface area (Å²) >= 11 is 5.83. The molecule has 1 aromatic heterocycles. The Hall–Kier alpha value is -1.92. The van der Waals surface area contributed by atoms with Crippen LogP contribution in [0.15, 0.2) is 28.8 Å². The summed E-state index contributed by atoms with van der Waals surface area (Å²) in [5.74, 6) is 0.252. The van der Waals surface area contributed by atoms with Gasteiger partial charge >= 0.3 is 5.97 Å². The van der Waals surface area contributed by atoms with E-state index in [1.54, 1.807) is 12.1 Å². The number of benzene rings is 1. The van der Waals surface area contributed by atoms with E-state index in [-0.39, 0.29) is 6.42 Å². The van der Waals surface area contributed by atoms with Gasteiger partial charge in [0, 0.05) is 30.1 Å². The van der Waals surface area contributed by atoms with Crippen LogP contribution in [0.25, 0.3) is 11.4 Å². The van der Waals surface area contributed by atoms with Gasteiger partial charge in [0.25, 0.3) is 0 Å². The lowest BCUT2D eigenvalue weighted by Crippen LogP contribution is -2.24.